The highest BCUT2D eigenvalue weighted by Crippen LogP contribution is 2.45. The molecule has 0 bridgehead atoms. The van der Waals surface area contributed by atoms with E-state index in [4.69, 9.17) is 0 Å². The van der Waals surface area contributed by atoms with E-state index >= 15 is 0 Å². The quantitative estimate of drug-likeness (QED) is 0.183. The van der Waals surface area contributed by atoms with Crippen LogP contribution in [0.25, 0.3) is 10.8 Å². The monoisotopic (exact) mass is 471 g/mol. The summed E-state index contributed by atoms with van der Waals surface area (Å²) in [7, 11) is -0.324. The van der Waals surface area contributed by atoms with E-state index in [0.717, 1.165) is 28.6 Å². The Morgan fingerprint density at radius 3 is 2.09 bits per heavy atom. The average Bonchev–Trinajstić information content (AvgIpc) is 3.40. The minimum atomic E-state index is -0.324. The van der Waals surface area contributed by atoms with Gasteiger partial charge in [0, 0.05) is 40.4 Å². The molecule has 1 unspecified atom stereocenters. The van der Waals surface area contributed by atoms with Gasteiger partial charge in [-0.1, -0.05) is 60.7 Å². The third-order valence-electron chi connectivity index (χ3n) is 7.00. The van der Waals surface area contributed by atoms with Crippen molar-refractivity contribution in [2.75, 3.05) is 10.7 Å². The highest BCUT2D eigenvalue weighted by molar-refractivity contribution is 8.18. The Morgan fingerprint density at radius 2 is 1.37 bits per heavy atom. The molecule has 0 N–H and O–H groups in total. The van der Waals surface area contributed by atoms with Crippen LogP contribution < -0.4 is 4.90 Å². The second-order valence-corrected chi connectivity index (χ2v) is 10.8. The first-order chi connectivity index (χ1) is 17.2. The van der Waals surface area contributed by atoms with Crippen LogP contribution in [0, 0.1) is 0 Å². The number of fused-ring (bicyclic) bond motifs is 3. The number of anilines is 2. The lowest BCUT2D eigenvalue weighted by Crippen LogP contribution is -2.24. The third kappa shape index (κ3) is 3.17. The van der Waals surface area contributed by atoms with Gasteiger partial charge < -0.3 is 4.90 Å². The lowest BCUT2D eigenvalue weighted by atomic mass is 9.96. The van der Waals surface area contributed by atoms with Gasteiger partial charge in [0.25, 0.3) is 0 Å². The lowest BCUT2D eigenvalue weighted by Gasteiger charge is -2.33. The van der Waals surface area contributed by atoms with Crippen molar-refractivity contribution in [1.29, 1.82) is 0 Å². The summed E-state index contributed by atoms with van der Waals surface area (Å²) in [5, 5.41) is 6.17. The van der Waals surface area contributed by atoms with Crippen LogP contribution in [0.5, 0.6) is 0 Å². The molecule has 4 aromatic rings. The van der Waals surface area contributed by atoms with Gasteiger partial charge in [-0.25, -0.2) is 0 Å². The maximum absolute atomic E-state index is 13.3. The number of hydrogen-bond donors (Lipinski definition) is 0. The van der Waals surface area contributed by atoms with E-state index in [1.165, 1.54) is 22.5 Å². The van der Waals surface area contributed by atoms with Crippen molar-refractivity contribution in [2.24, 2.45) is 0 Å². The number of para-hydroxylation sites is 2. The normalized spacial score (nSPS) is 18.5. The summed E-state index contributed by atoms with van der Waals surface area (Å²) in [6.45, 7) is 0. The highest BCUT2D eigenvalue weighted by Gasteiger charge is 2.35. The first-order valence-corrected chi connectivity index (χ1v) is 13.2. The fourth-order valence-electron chi connectivity index (χ4n) is 5.34. The van der Waals surface area contributed by atoms with Crippen LogP contribution >= 0.6 is 10.5 Å². The Labute approximate surface area is 205 Å². The molecule has 4 aromatic carbocycles. The van der Waals surface area contributed by atoms with Gasteiger partial charge in [-0.3, -0.25) is 9.59 Å². The molecule has 1 aliphatic carbocycles. The van der Waals surface area contributed by atoms with Crippen molar-refractivity contribution in [2.45, 2.75) is 6.42 Å². The molecule has 0 saturated heterocycles. The van der Waals surface area contributed by atoms with Gasteiger partial charge in [0.15, 0.2) is 11.6 Å². The molecule has 2 heterocycles. The van der Waals surface area contributed by atoms with Crippen LogP contribution in [-0.2, 0) is 6.42 Å². The molecule has 0 saturated carbocycles. The molecule has 0 spiro atoms. The van der Waals surface area contributed by atoms with E-state index < -0.39 is 0 Å². The molecular formula is C31H21NO2S. The Balaban J connectivity index is 1.27. The summed E-state index contributed by atoms with van der Waals surface area (Å²) >= 11 is 0. The molecule has 0 amide bonds. The molecule has 35 heavy (non-hydrogen) atoms. The summed E-state index contributed by atoms with van der Waals surface area (Å²) in [5.74, 6) is 0.496. The number of hydrogen-bond acceptors (Lipinski definition) is 3. The van der Waals surface area contributed by atoms with Crippen LogP contribution in [0.3, 0.4) is 0 Å². The Morgan fingerprint density at radius 1 is 0.743 bits per heavy atom. The van der Waals surface area contributed by atoms with E-state index in [1.54, 1.807) is 0 Å². The van der Waals surface area contributed by atoms with Crippen molar-refractivity contribution < 1.29 is 9.59 Å². The fraction of sp³-hybridized carbons (Fsp3) is 0.0645. The summed E-state index contributed by atoms with van der Waals surface area (Å²) in [4.78, 5) is 28.9. The zero-order chi connectivity index (χ0) is 23.5. The smallest absolute Gasteiger partial charge is 0.198 e. The number of carbonyl (C=O) groups excluding carboxylic acids is 2. The van der Waals surface area contributed by atoms with E-state index in [0.29, 0.717) is 16.7 Å². The van der Waals surface area contributed by atoms with Crippen LogP contribution in [0.15, 0.2) is 113 Å². The molecule has 2 aliphatic heterocycles. The number of Topliss-reactive ketones (excluding diaryl/α,β-unsaturated/α-hetero) is 2. The maximum atomic E-state index is 13.3. The molecule has 168 valence electrons. The minimum Gasteiger partial charge on any atom is -0.313 e. The molecule has 0 fully saturated rings. The Hall–Kier alpha value is -4.02. The average molecular weight is 472 g/mol. The van der Waals surface area contributed by atoms with Crippen LogP contribution in [0.2, 0.25) is 0 Å². The van der Waals surface area contributed by atoms with Crippen LogP contribution in [0.4, 0.5) is 11.4 Å². The van der Waals surface area contributed by atoms with Crippen LogP contribution in [-0.4, -0.2) is 22.7 Å². The molecule has 7 rings (SSSR count). The predicted molar refractivity (Wildman–Crippen MR) is 145 cm³/mol. The Bertz CT molecular complexity index is 1620. The predicted octanol–water partition coefficient (Wildman–Crippen LogP) is 6.84. The number of nitrogens with zero attached hydrogens (tertiary/aromatic N) is 1. The summed E-state index contributed by atoms with van der Waals surface area (Å²) in [6.07, 6.45) is 0.870. The van der Waals surface area contributed by atoms with Gasteiger partial charge in [0.1, 0.15) is 0 Å². The second-order valence-electron chi connectivity index (χ2n) is 9.11. The number of carbonyl (C=O) groups is 2. The molecular weight excluding hydrogens is 450 g/mol. The number of allylic oxidation sites excluding steroid dienone is 2. The Kier molecular flexibility index (Phi) is 4.51. The third-order valence-corrected chi connectivity index (χ3v) is 8.73. The largest absolute Gasteiger partial charge is 0.313 e. The van der Waals surface area contributed by atoms with Gasteiger partial charge in [0.2, 0.25) is 0 Å². The summed E-state index contributed by atoms with van der Waals surface area (Å²) in [6, 6.07) is 30.5. The van der Waals surface area contributed by atoms with Gasteiger partial charge in [0.05, 0.1) is 5.57 Å². The van der Waals surface area contributed by atoms with Gasteiger partial charge in [-0.05, 0) is 63.0 Å². The van der Waals surface area contributed by atoms with Gasteiger partial charge in [-0.2, -0.15) is 10.5 Å². The van der Waals surface area contributed by atoms with Crippen molar-refractivity contribution in [3.05, 3.63) is 130 Å². The van der Waals surface area contributed by atoms with Gasteiger partial charge in [-0.15, -0.1) is 0 Å². The van der Waals surface area contributed by atoms with Crippen molar-refractivity contribution in [1.82, 2.24) is 0 Å². The molecule has 0 aromatic heterocycles. The number of benzene rings is 4. The van der Waals surface area contributed by atoms with E-state index in [9.17, 15) is 9.59 Å². The standard InChI is InChI=1S/C31H21NO2S/c33-30-25-15-20-8-4-5-9-21(20)16-26(25)31(34)27(30)18-35-17-23-14-22-10-6-7-13-28(22)32(29(23)19-35)24-11-2-1-3-12-24/h1-13,15-18H,14,19H2. The summed E-state index contributed by atoms with van der Waals surface area (Å²) in [5.41, 5.74) is 7.54. The fourth-order valence-corrected chi connectivity index (χ4v) is 7.31. The molecule has 3 nitrogen and oxygen atoms in total. The molecule has 3 aliphatic rings. The van der Waals surface area contributed by atoms with E-state index in [2.05, 4.69) is 58.8 Å². The minimum absolute atomic E-state index is 0.148. The zero-order valence-corrected chi connectivity index (χ0v) is 19.7. The van der Waals surface area contributed by atoms with Gasteiger partial charge >= 0.3 is 0 Å². The first kappa shape index (κ1) is 20.4. The van der Waals surface area contributed by atoms with E-state index in [-0.39, 0.29) is 22.1 Å². The van der Waals surface area contributed by atoms with Crippen molar-refractivity contribution in [3.8, 4) is 0 Å². The molecule has 4 heteroatoms. The molecule has 0 radical (unpaired) electrons. The number of ketones is 2. The van der Waals surface area contributed by atoms with Crippen molar-refractivity contribution in [3.63, 3.8) is 0 Å². The van der Waals surface area contributed by atoms with Crippen LogP contribution in [0.1, 0.15) is 26.3 Å². The highest BCUT2D eigenvalue weighted by atomic mass is 32.2. The van der Waals surface area contributed by atoms with Crippen molar-refractivity contribution >= 4 is 49.6 Å². The molecule has 1 atom stereocenters. The number of rotatable bonds is 2. The van der Waals surface area contributed by atoms with E-state index in [1.807, 2.05) is 47.9 Å². The summed E-state index contributed by atoms with van der Waals surface area (Å²) < 4.78 is 0. The topological polar surface area (TPSA) is 37.4 Å². The zero-order valence-electron chi connectivity index (χ0n) is 18.9. The SMILES string of the molecule is O=C1C(=CS2=CC3=C(C2)N(c2ccccc2)c2ccccc2C3)C(=O)c2cc3ccccc3cc21. The first-order valence-electron chi connectivity index (χ1n) is 11.7. The maximum Gasteiger partial charge on any atom is 0.198 e. The second kappa shape index (κ2) is 7.76. The lowest BCUT2D eigenvalue weighted by molar-refractivity contribution is 0.0989.